The van der Waals surface area contributed by atoms with Gasteiger partial charge in [-0.15, -0.1) is 0 Å². The number of fused-ring (bicyclic) bond motifs is 5. The molecule has 9 heteroatoms. The van der Waals surface area contributed by atoms with Crippen LogP contribution in [0.25, 0.3) is 0 Å². The molecule has 0 unspecified atom stereocenters. The number of aromatic nitrogens is 1. The quantitative estimate of drug-likeness (QED) is 0.559. The van der Waals surface area contributed by atoms with E-state index in [1.54, 1.807) is 17.2 Å². The van der Waals surface area contributed by atoms with Crippen LogP contribution >= 0.6 is 0 Å². The van der Waals surface area contributed by atoms with Crippen LogP contribution in [0.1, 0.15) is 33.2 Å². The van der Waals surface area contributed by atoms with E-state index in [9.17, 15) is 19.1 Å². The second kappa shape index (κ2) is 8.33. The molecule has 3 aromatic rings. The molecule has 0 radical (unpaired) electrons. The van der Waals surface area contributed by atoms with Crippen LogP contribution in [0.2, 0.25) is 0 Å². The first-order valence-electron chi connectivity index (χ1n) is 10.7. The summed E-state index contributed by atoms with van der Waals surface area (Å²) in [6.07, 6.45) is 4.66. The molecule has 0 saturated carbocycles. The highest BCUT2D eigenvalue weighted by atomic mass is 19.2. The molecule has 1 N–H and O–H groups in total. The van der Waals surface area contributed by atoms with Crippen LogP contribution in [0.5, 0.6) is 11.5 Å². The first-order valence-corrected chi connectivity index (χ1v) is 10.7. The zero-order valence-corrected chi connectivity index (χ0v) is 18.2. The lowest BCUT2D eigenvalue weighted by atomic mass is 9.93. The molecule has 0 spiro atoms. The first-order chi connectivity index (χ1) is 16.4. The van der Waals surface area contributed by atoms with E-state index in [0.717, 1.165) is 23.3 Å². The fraction of sp³-hybridized carbons (Fsp3) is 0.200. The van der Waals surface area contributed by atoms with Gasteiger partial charge in [-0.3, -0.25) is 19.3 Å². The summed E-state index contributed by atoms with van der Waals surface area (Å²) in [4.78, 5) is 26.9. The Morgan fingerprint density at radius 1 is 1.03 bits per heavy atom. The molecule has 1 atom stereocenters. The van der Waals surface area contributed by atoms with Crippen molar-refractivity contribution in [2.45, 2.75) is 13.0 Å². The van der Waals surface area contributed by atoms with Gasteiger partial charge >= 0.3 is 0 Å². The zero-order valence-electron chi connectivity index (χ0n) is 18.2. The number of carbonyl (C=O) groups is 1. The molecule has 3 heterocycles. The molecule has 2 aliphatic heterocycles. The van der Waals surface area contributed by atoms with Crippen LogP contribution in [0.15, 0.2) is 65.6 Å². The average molecular weight is 465 g/mol. The predicted octanol–water partition coefficient (Wildman–Crippen LogP) is 3.23. The van der Waals surface area contributed by atoms with Gasteiger partial charge in [0.05, 0.1) is 0 Å². The average Bonchev–Trinajstić information content (AvgIpc) is 2.85. The maximum Gasteiger partial charge on any atom is 0.278 e. The lowest BCUT2D eigenvalue weighted by Crippen LogP contribution is -2.55. The van der Waals surface area contributed by atoms with Crippen LogP contribution in [0, 0.1) is 18.6 Å². The van der Waals surface area contributed by atoms with Gasteiger partial charge in [0.25, 0.3) is 5.91 Å². The third-order valence-electron chi connectivity index (χ3n) is 6.11. The molecule has 2 bridgehead atoms. The molecule has 174 valence electrons. The van der Waals surface area contributed by atoms with Crippen LogP contribution in [0.3, 0.4) is 0 Å². The Bertz CT molecular complexity index is 1390. The number of halogens is 2. The SMILES string of the molecule is Cc1ccccc1[C@@H]1c2ccc(F)c(F)c2OC/C=C\CN2CN1n1ccc(=O)c(O)c1C2=O. The summed E-state index contributed by atoms with van der Waals surface area (Å²) in [6, 6.07) is 10.3. The maximum absolute atomic E-state index is 15.0. The second-order valence-corrected chi connectivity index (χ2v) is 8.15. The highest BCUT2D eigenvalue weighted by Crippen LogP contribution is 2.39. The summed E-state index contributed by atoms with van der Waals surface area (Å²) in [6.45, 7) is 2.07. The van der Waals surface area contributed by atoms with E-state index in [-0.39, 0.29) is 31.3 Å². The summed E-state index contributed by atoms with van der Waals surface area (Å²) in [5.74, 6) is -3.60. The molecule has 2 aromatic carbocycles. The van der Waals surface area contributed by atoms with Crippen molar-refractivity contribution < 1.29 is 23.4 Å². The van der Waals surface area contributed by atoms with E-state index in [2.05, 4.69) is 0 Å². The van der Waals surface area contributed by atoms with Gasteiger partial charge in [0.15, 0.2) is 23.0 Å². The number of amides is 1. The molecule has 0 saturated heterocycles. The lowest BCUT2D eigenvalue weighted by Gasteiger charge is -2.44. The number of nitrogens with zero attached hydrogens (tertiary/aromatic N) is 3. The Kier molecular flexibility index (Phi) is 5.31. The Hall–Kier alpha value is -4.14. The van der Waals surface area contributed by atoms with E-state index in [0.29, 0.717) is 5.56 Å². The standard InChI is InChI=1S/C25H21F2N3O4/c1-15-6-2-3-7-16(15)21-17-8-9-18(26)20(27)24(17)34-13-5-4-11-28-14-30(21)29-12-10-19(31)23(32)22(29)25(28)33/h2-10,12,21,32H,11,13-14H2,1H3/b5-4-/t21-/m1/s1. The maximum atomic E-state index is 15.0. The van der Waals surface area contributed by atoms with Crippen LogP contribution in [-0.2, 0) is 0 Å². The van der Waals surface area contributed by atoms with Gasteiger partial charge in [-0.2, -0.15) is 4.39 Å². The van der Waals surface area contributed by atoms with Gasteiger partial charge in [-0.1, -0.05) is 30.3 Å². The van der Waals surface area contributed by atoms with Crippen molar-refractivity contribution in [3.63, 3.8) is 0 Å². The Labute approximate surface area is 193 Å². The largest absolute Gasteiger partial charge is 0.502 e. The number of ether oxygens (including phenoxy) is 1. The highest BCUT2D eigenvalue weighted by molar-refractivity contribution is 5.96. The molecular formula is C25H21F2N3O4. The Morgan fingerprint density at radius 2 is 1.82 bits per heavy atom. The summed E-state index contributed by atoms with van der Waals surface area (Å²) in [7, 11) is 0. The summed E-state index contributed by atoms with van der Waals surface area (Å²) >= 11 is 0. The number of pyridine rings is 1. The molecule has 7 nitrogen and oxygen atoms in total. The summed E-state index contributed by atoms with van der Waals surface area (Å²) in [5.41, 5.74) is 1.07. The van der Waals surface area contributed by atoms with Gasteiger partial charge in [-0.25, -0.2) is 4.39 Å². The van der Waals surface area contributed by atoms with E-state index < -0.39 is 34.8 Å². The van der Waals surface area contributed by atoms with Crippen molar-refractivity contribution in [3.8, 4) is 11.5 Å². The second-order valence-electron chi connectivity index (χ2n) is 8.15. The van der Waals surface area contributed by atoms with Gasteiger partial charge in [-0.05, 0) is 36.3 Å². The first kappa shape index (κ1) is 21.7. The van der Waals surface area contributed by atoms with Crippen molar-refractivity contribution in [3.05, 3.63) is 105 Å². The number of hydrogen-bond donors (Lipinski definition) is 1. The van der Waals surface area contributed by atoms with Crippen molar-refractivity contribution in [1.29, 1.82) is 0 Å². The number of carbonyl (C=O) groups excluding carboxylic acids is 1. The number of aryl methyl sites for hydroxylation is 1. The highest BCUT2D eigenvalue weighted by Gasteiger charge is 2.38. The molecule has 5 rings (SSSR count). The molecule has 1 aromatic heterocycles. The number of benzene rings is 2. The van der Waals surface area contributed by atoms with Crippen molar-refractivity contribution in [2.75, 3.05) is 24.8 Å². The van der Waals surface area contributed by atoms with Gasteiger partial charge in [0.2, 0.25) is 11.2 Å². The predicted molar refractivity (Wildman–Crippen MR) is 121 cm³/mol. The topological polar surface area (TPSA) is 75.0 Å². The van der Waals surface area contributed by atoms with Crippen LogP contribution in [-0.4, -0.2) is 40.4 Å². The van der Waals surface area contributed by atoms with E-state index in [1.807, 2.05) is 31.2 Å². The third-order valence-corrected chi connectivity index (χ3v) is 6.11. The molecule has 0 fully saturated rings. The van der Waals surface area contributed by atoms with Crippen LogP contribution in [0.4, 0.5) is 8.78 Å². The number of aromatic hydroxyl groups is 1. The molecule has 34 heavy (non-hydrogen) atoms. The minimum atomic E-state index is -1.11. The molecule has 2 aliphatic rings. The van der Waals surface area contributed by atoms with Gasteiger partial charge in [0.1, 0.15) is 19.3 Å². The summed E-state index contributed by atoms with van der Waals surface area (Å²) < 4.78 is 36.4. The molecular weight excluding hydrogens is 444 g/mol. The van der Waals surface area contributed by atoms with Gasteiger partial charge in [0, 0.05) is 24.4 Å². The Balaban J connectivity index is 1.85. The minimum Gasteiger partial charge on any atom is -0.502 e. The van der Waals surface area contributed by atoms with Gasteiger partial charge < -0.3 is 14.7 Å². The van der Waals surface area contributed by atoms with Crippen molar-refractivity contribution in [2.24, 2.45) is 0 Å². The number of hydrogen-bond acceptors (Lipinski definition) is 5. The van der Waals surface area contributed by atoms with Crippen LogP contribution < -0.4 is 15.2 Å². The van der Waals surface area contributed by atoms with E-state index in [4.69, 9.17) is 4.74 Å². The summed E-state index contributed by atoms with van der Waals surface area (Å²) in [5, 5.41) is 12.3. The fourth-order valence-electron chi connectivity index (χ4n) is 4.43. The smallest absolute Gasteiger partial charge is 0.278 e. The van der Waals surface area contributed by atoms with E-state index >= 15 is 4.39 Å². The van der Waals surface area contributed by atoms with Crippen molar-refractivity contribution in [1.82, 2.24) is 9.58 Å². The third kappa shape index (κ3) is 3.40. The minimum absolute atomic E-state index is 0.0358. The fourth-order valence-corrected chi connectivity index (χ4v) is 4.43. The zero-order chi connectivity index (χ0) is 24.0. The monoisotopic (exact) mass is 465 g/mol. The Morgan fingerprint density at radius 3 is 2.62 bits per heavy atom. The molecule has 0 aliphatic carbocycles. The number of rotatable bonds is 1. The van der Waals surface area contributed by atoms with Crippen molar-refractivity contribution >= 4 is 5.91 Å². The van der Waals surface area contributed by atoms with E-state index in [1.165, 1.54) is 21.8 Å². The normalized spacial score (nSPS) is 18.4. The molecule has 1 amide bonds. The lowest BCUT2D eigenvalue weighted by molar-refractivity contribution is 0.0701.